The summed E-state index contributed by atoms with van der Waals surface area (Å²) >= 11 is 0. The maximum atomic E-state index is 13.0. The maximum absolute atomic E-state index is 13.0. The quantitative estimate of drug-likeness (QED) is 0.275. The van der Waals surface area contributed by atoms with Gasteiger partial charge in [-0.3, -0.25) is 33.5 Å². The number of aryl methyl sites for hydroxylation is 1. The summed E-state index contributed by atoms with van der Waals surface area (Å²) in [4.78, 5) is 58.2. The zero-order valence-electron chi connectivity index (χ0n) is 19.3. The molecule has 0 aliphatic carbocycles. The van der Waals surface area contributed by atoms with Gasteiger partial charge in [-0.15, -0.1) is 4.28 Å². The summed E-state index contributed by atoms with van der Waals surface area (Å²) in [5.74, 6) is -2.14. The van der Waals surface area contributed by atoms with Crippen molar-refractivity contribution in [2.24, 2.45) is 12.0 Å². The Morgan fingerprint density at radius 1 is 1.23 bits per heavy atom. The number of amides is 5. The van der Waals surface area contributed by atoms with Gasteiger partial charge in [0.05, 0.1) is 18.4 Å². The van der Waals surface area contributed by atoms with Crippen molar-refractivity contribution in [3.8, 4) is 0 Å². The molecule has 16 heteroatoms. The van der Waals surface area contributed by atoms with E-state index in [4.69, 9.17) is 4.55 Å². The van der Waals surface area contributed by atoms with Crippen LogP contribution in [0.2, 0.25) is 0 Å². The second kappa shape index (κ2) is 9.01. The van der Waals surface area contributed by atoms with Crippen molar-refractivity contribution in [3.05, 3.63) is 17.5 Å². The molecule has 190 valence electrons. The third kappa shape index (κ3) is 4.28. The highest BCUT2D eigenvalue weighted by atomic mass is 32.3. The van der Waals surface area contributed by atoms with E-state index in [1.54, 1.807) is 14.0 Å². The Morgan fingerprint density at radius 2 is 1.94 bits per heavy atom. The monoisotopic (exact) mass is 511 g/mol. The van der Waals surface area contributed by atoms with Crippen LogP contribution < -0.4 is 0 Å². The minimum Gasteiger partial charge on any atom is -0.333 e. The van der Waals surface area contributed by atoms with Gasteiger partial charge < -0.3 is 9.80 Å². The first kappa shape index (κ1) is 24.7. The Hall–Kier alpha value is -3.37. The average molecular weight is 512 g/mol. The minimum atomic E-state index is -4.96. The number of rotatable bonds is 7. The highest BCUT2D eigenvalue weighted by Gasteiger charge is 2.53. The van der Waals surface area contributed by atoms with E-state index in [1.807, 2.05) is 0 Å². The molecule has 1 aromatic heterocycles. The molecule has 0 radical (unpaired) electrons. The fraction of sp³-hybridized carbons (Fsp3) is 0.579. The lowest BCUT2D eigenvalue weighted by atomic mass is 9.92. The predicted octanol–water partition coefficient (Wildman–Crippen LogP) is -0.944. The zero-order valence-corrected chi connectivity index (χ0v) is 20.1. The number of urea groups is 1. The summed E-state index contributed by atoms with van der Waals surface area (Å²) in [6.45, 7) is 2.51. The van der Waals surface area contributed by atoms with Crippen LogP contribution in [0, 0.1) is 0 Å². The Morgan fingerprint density at radius 3 is 2.57 bits per heavy atom. The van der Waals surface area contributed by atoms with Crippen LogP contribution in [0.3, 0.4) is 0 Å². The van der Waals surface area contributed by atoms with Gasteiger partial charge in [-0.25, -0.2) is 4.79 Å². The van der Waals surface area contributed by atoms with Gasteiger partial charge in [0, 0.05) is 51.4 Å². The molecule has 4 rings (SSSR count). The van der Waals surface area contributed by atoms with E-state index in [2.05, 4.69) is 14.4 Å². The van der Waals surface area contributed by atoms with Crippen LogP contribution in [0.15, 0.2) is 11.2 Å². The lowest BCUT2D eigenvalue weighted by Gasteiger charge is -2.33. The van der Waals surface area contributed by atoms with E-state index in [1.165, 1.54) is 27.7 Å². The van der Waals surface area contributed by atoms with E-state index in [0.717, 1.165) is 4.90 Å². The summed E-state index contributed by atoms with van der Waals surface area (Å²) < 4.78 is 37.8. The van der Waals surface area contributed by atoms with Crippen LogP contribution >= 0.6 is 0 Å². The second-order valence-electron chi connectivity index (χ2n) is 8.24. The van der Waals surface area contributed by atoms with Gasteiger partial charge >= 0.3 is 28.2 Å². The molecule has 3 aliphatic rings. The van der Waals surface area contributed by atoms with Gasteiger partial charge in [-0.1, -0.05) is 0 Å². The molecule has 0 aromatic carbocycles. The lowest BCUT2D eigenvalue weighted by molar-refractivity contribution is -0.160. The van der Waals surface area contributed by atoms with Gasteiger partial charge in [-0.2, -0.15) is 18.6 Å². The SMILES string of the molecule is CCN1CCN(C(=O)CCC(=NC)[C@@H]2c3c(cnn3C)[C@@H]3CN2C(=O)N3OS(=O)(=O)O)C(=O)C1=O. The fourth-order valence-corrected chi connectivity index (χ4v) is 5.09. The average Bonchev–Trinajstić information content (AvgIpc) is 3.31. The Kier molecular flexibility index (Phi) is 6.37. The summed E-state index contributed by atoms with van der Waals surface area (Å²) in [7, 11) is -1.83. The van der Waals surface area contributed by atoms with Gasteiger partial charge in [-0.05, 0) is 13.3 Å². The summed E-state index contributed by atoms with van der Waals surface area (Å²) in [6.07, 6.45) is 1.39. The number of aliphatic imine (C=N–C) groups is 1. The van der Waals surface area contributed by atoms with Crippen molar-refractivity contribution in [1.29, 1.82) is 0 Å². The molecule has 0 spiro atoms. The van der Waals surface area contributed by atoms with Gasteiger partial charge in [0.1, 0.15) is 12.1 Å². The minimum absolute atomic E-state index is 0.0383. The highest BCUT2D eigenvalue weighted by molar-refractivity contribution is 7.80. The topological polar surface area (TPSA) is 175 Å². The number of hydrogen-bond acceptors (Lipinski definition) is 9. The lowest BCUT2D eigenvalue weighted by Crippen LogP contribution is -2.56. The van der Waals surface area contributed by atoms with E-state index < -0.39 is 46.2 Å². The van der Waals surface area contributed by atoms with Gasteiger partial charge in [0.2, 0.25) is 5.91 Å². The molecule has 1 N–H and O–H groups in total. The number of nitrogens with zero attached hydrogens (tertiary/aromatic N) is 7. The number of likely N-dealkylation sites (N-methyl/N-ethyl adjacent to an activating group) is 1. The molecule has 4 heterocycles. The molecule has 2 bridgehead atoms. The number of imide groups is 1. The molecule has 2 atom stereocenters. The predicted molar refractivity (Wildman–Crippen MR) is 117 cm³/mol. The molecule has 1 aromatic rings. The first-order valence-electron chi connectivity index (χ1n) is 10.9. The maximum Gasteiger partial charge on any atom is 0.418 e. The third-order valence-corrected chi connectivity index (χ3v) is 6.74. The standard InChI is InChI=1S/C19H25N7O8S/c1-4-23-7-8-24(18(29)17(23)28)14(27)6-5-12(20-2)16-15-11(9-21-22(15)3)13-10-25(16)19(30)26(13)34-35(31,32)33/h9,13,16H,4-8,10H2,1-3H3,(H,31,32,33)/t13-,16+/m0/s1. The number of aromatic nitrogens is 2. The summed E-state index contributed by atoms with van der Waals surface area (Å²) in [5, 5.41) is 4.78. The van der Waals surface area contributed by atoms with Crippen molar-refractivity contribution in [1.82, 2.24) is 29.5 Å². The van der Waals surface area contributed by atoms with E-state index >= 15 is 0 Å². The van der Waals surface area contributed by atoms with Crippen LogP contribution in [0.1, 0.15) is 43.1 Å². The van der Waals surface area contributed by atoms with Crippen LogP contribution in [0.25, 0.3) is 0 Å². The molecule has 0 saturated carbocycles. The first-order valence-corrected chi connectivity index (χ1v) is 12.2. The van der Waals surface area contributed by atoms with Crippen molar-refractivity contribution < 1.29 is 36.4 Å². The van der Waals surface area contributed by atoms with Crippen LogP contribution in [0.4, 0.5) is 4.79 Å². The third-order valence-electron chi connectivity index (χ3n) is 6.40. The van der Waals surface area contributed by atoms with E-state index in [-0.39, 0.29) is 32.5 Å². The van der Waals surface area contributed by atoms with Crippen molar-refractivity contribution in [2.75, 3.05) is 33.2 Å². The van der Waals surface area contributed by atoms with Crippen LogP contribution in [-0.4, -0.2) is 105 Å². The van der Waals surface area contributed by atoms with Gasteiger partial charge in [0.15, 0.2) is 0 Å². The first-order chi connectivity index (χ1) is 16.5. The Balaban J connectivity index is 1.56. The zero-order chi connectivity index (χ0) is 25.7. The van der Waals surface area contributed by atoms with Gasteiger partial charge in [0.25, 0.3) is 0 Å². The summed E-state index contributed by atoms with van der Waals surface area (Å²) in [6, 6.07) is -2.43. The highest BCUT2D eigenvalue weighted by Crippen LogP contribution is 2.45. The number of carbonyl (C=O) groups is 4. The number of hydroxylamine groups is 2. The molecular weight excluding hydrogens is 486 g/mol. The molecule has 3 aliphatic heterocycles. The molecular formula is C19H25N7O8S. The van der Waals surface area contributed by atoms with E-state index in [9.17, 15) is 27.6 Å². The molecule has 2 fully saturated rings. The fourth-order valence-electron chi connectivity index (χ4n) is 4.72. The Bertz CT molecular complexity index is 1230. The number of carbonyl (C=O) groups excluding carboxylic acids is 4. The molecule has 15 nitrogen and oxygen atoms in total. The Labute approximate surface area is 200 Å². The molecule has 35 heavy (non-hydrogen) atoms. The van der Waals surface area contributed by atoms with Crippen LogP contribution in [-0.2, 0) is 36.1 Å². The molecule has 2 saturated heterocycles. The second-order valence-corrected chi connectivity index (χ2v) is 9.24. The number of piperazine rings is 1. The van der Waals surface area contributed by atoms with Crippen molar-refractivity contribution in [2.45, 2.75) is 31.8 Å². The number of fused-ring (bicyclic) bond motifs is 4. The van der Waals surface area contributed by atoms with Crippen molar-refractivity contribution >= 4 is 39.9 Å². The smallest absolute Gasteiger partial charge is 0.333 e. The summed E-state index contributed by atoms with van der Waals surface area (Å²) in [5.41, 5.74) is 1.47. The van der Waals surface area contributed by atoms with E-state index in [0.29, 0.717) is 28.6 Å². The molecule has 5 amide bonds. The molecule has 0 unspecified atom stereocenters. The van der Waals surface area contributed by atoms with Crippen molar-refractivity contribution in [3.63, 3.8) is 0 Å². The largest absolute Gasteiger partial charge is 0.418 e. The van der Waals surface area contributed by atoms with Crippen LogP contribution in [0.5, 0.6) is 0 Å². The number of hydrogen-bond donors (Lipinski definition) is 1. The normalized spacial score (nSPS) is 22.9.